The molecule has 0 aliphatic rings. The summed E-state index contributed by atoms with van der Waals surface area (Å²) in [4.78, 5) is 11.7. The number of hydrogen-bond donors (Lipinski definition) is 2. The van der Waals surface area contributed by atoms with Crippen molar-refractivity contribution in [2.45, 2.75) is 20.3 Å². The number of phenolic OH excluding ortho intramolecular Hbond substituents is 1. The van der Waals surface area contributed by atoms with E-state index < -0.39 is 0 Å². The highest BCUT2D eigenvalue weighted by molar-refractivity contribution is 5.96. The molecule has 0 fully saturated rings. The van der Waals surface area contributed by atoms with Crippen LogP contribution in [0.15, 0.2) is 24.3 Å². The second kappa shape index (κ2) is 7.71. The first-order valence-corrected chi connectivity index (χ1v) is 6.25. The van der Waals surface area contributed by atoms with Gasteiger partial charge in [0, 0.05) is 13.2 Å². The molecule has 0 heterocycles. The number of nitrogens with one attached hydrogen (secondary N) is 1. The minimum atomic E-state index is -0.277. The summed E-state index contributed by atoms with van der Waals surface area (Å²) in [5.74, 6) is 0.345. The van der Waals surface area contributed by atoms with E-state index in [2.05, 4.69) is 19.2 Å². The van der Waals surface area contributed by atoms with E-state index in [4.69, 9.17) is 4.74 Å². The summed E-state index contributed by atoms with van der Waals surface area (Å²) < 4.78 is 5.38. The first kappa shape index (κ1) is 14.5. The zero-order valence-corrected chi connectivity index (χ0v) is 11.0. The molecule has 4 heteroatoms. The van der Waals surface area contributed by atoms with Crippen molar-refractivity contribution >= 4 is 5.91 Å². The molecule has 0 aliphatic heterocycles. The topological polar surface area (TPSA) is 58.6 Å². The number of aromatic hydroxyl groups is 1. The standard InChI is InChI=1S/C14H21NO3/c1-11(2)7-9-18-10-8-15-14(17)12-5-3-4-6-13(12)16/h3-6,11,16H,7-10H2,1-2H3,(H,15,17). The zero-order valence-electron chi connectivity index (χ0n) is 11.0. The van der Waals surface area contributed by atoms with E-state index in [-0.39, 0.29) is 11.7 Å². The lowest BCUT2D eigenvalue weighted by Gasteiger charge is -2.08. The first-order chi connectivity index (χ1) is 8.61. The van der Waals surface area contributed by atoms with E-state index in [0.29, 0.717) is 31.2 Å². The number of ether oxygens (including phenoxy) is 1. The smallest absolute Gasteiger partial charge is 0.255 e. The molecule has 0 bridgehead atoms. The van der Waals surface area contributed by atoms with Crippen LogP contribution in [0.2, 0.25) is 0 Å². The number of carbonyl (C=O) groups excluding carboxylic acids is 1. The van der Waals surface area contributed by atoms with Crippen LogP contribution in [0.3, 0.4) is 0 Å². The van der Waals surface area contributed by atoms with Crippen molar-refractivity contribution in [3.63, 3.8) is 0 Å². The van der Waals surface area contributed by atoms with Gasteiger partial charge in [-0.15, -0.1) is 0 Å². The second-order valence-corrected chi connectivity index (χ2v) is 4.57. The molecule has 4 nitrogen and oxygen atoms in total. The van der Waals surface area contributed by atoms with Crippen molar-refractivity contribution in [1.29, 1.82) is 0 Å². The van der Waals surface area contributed by atoms with Gasteiger partial charge in [-0.25, -0.2) is 0 Å². The number of amides is 1. The number of rotatable bonds is 7. The molecule has 1 amide bonds. The van der Waals surface area contributed by atoms with Crippen molar-refractivity contribution < 1.29 is 14.6 Å². The molecule has 0 spiro atoms. The van der Waals surface area contributed by atoms with Crippen molar-refractivity contribution in [2.24, 2.45) is 5.92 Å². The summed E-state index contributed by atoms with van der Waals surface area (Å²) in [7, 11) is 0. The monoisotopic (exact) mass is 251 g/mol. The van der Waals surface area contributed by atoms with Crippen LogP contribution in [0.4, 0.5) is 0 Å². The highest BCUT2D eigenvalue weighted by Crippen LogP contribution is 2.14. The van der Waals surface area contributed by atoms with Gasteiger partial charge in [-0.3, -0.25) is 4.79 Å². The summed E-state index contributed by atoms with van der Waals surface area (Å²) in [6, 6.07) is 6.48. The van der Waals surface area contributed by atoms with Crippen LogP contribution in [0, 0.1) is 5.92 Å². The van der Waals surface area contributed by atoms with Gasteiger partial charge in [0.05, 0.1) is 12.2 Å². The van der Waals surface area contributed by atoms with E-state index in [0.717, 1.165) is 6.42 Å². The van der Waals surface area contributed by atoms with Gasteiger partial charge < -0.3 is 15.2 Å². The fraction of sp³-hybridized carbons (Fsp3) is 0.500. The van der Waals surface area contributed by atoms with Crippen LogP contribution < -0.4 is 5.32 Å². The quantitative estimate of drug-likeness (QED) is 0.730. The number of benzene rings is 1. The number of hydrogen-bond acceptors (Lipinski definition) is 3. The SMILES string of the molecule is CC(C)CCOCCNC(=O)c1ccccc1O. The van der Waals surface area contributed by atoms with E-state index in [1.54, 1.807) is 18.2 Å². The second-order valence-electron chi connectivity index (χ2n) is 4.57. The molecule has 0 radical (unpaired) electrons. The van der Waals surface area contributed by atoms with Crippen LogP contribution in [0.25, 0.3) is 0 Å². The maximum atomic E-state index is 11.7. The molecular weight excluding hydrogens is 230 g/mol. The molecule has 0 aliphatic carbocycles. The van der Waals surface area contributed by atoms with Crippen LogP contribution in [0.5, 0.6) is 5.75 Å². The molecule has 0 atom stereocenters. The van der Waals surface area contributed by atoms with Gasteiger partial charge in [-0.05, 0) is 24.5 Å². The van der Waals surface area contributed by atoms with Crippen LogP contribution >= 0.6 is 0 Å². The van der Waals surface area contributed by atoms with Crippen LogP contribution in [0.1, 0.15) is 30.6 Å². The third kappa shape index (κ3) is 5.19. The molecule has 100 valence electrons. The third-order valence-corrected chi connectivity index (χ3v) is 2.52. The van der Waals surface area contributed by atoms with E-state index in [1.807, 2.05) is 0 Å². The lowest BCUT2D eigenvalue weighted by atomic mass is 10.1. The Balaban J connectivity index is 2.20. The maximum Gasteiger partial charge on any atom is 0.255 e. The molecule has 0 saturated heterocycles. The predicted octanol–water partition coefficient (Wildman–Crippen LogP) is 2.18. The molecule has 0 aromatic heterocycles. The van der Waals surface area contributed by atoms with Gasteiger partial charge >= 0.3 is 0 Å². The maximum absolute atomic E-state index is 11.7. The normalized spacial score (nSPS) is 10.6. The number of carbonyl (C=O) groups is 1. The minimum absolute atomic E-state index is 0.00396. The summed E-state index contributed by atoms with van der Waals surface area (Å²) in [5, 5.41) is 12.2. The molecule has 1 rings (SSSR count). The number of phenols is 1. The Labute approximate surface area is 108 Å². The van der Waals surface area contributed by atoms with Gasteiger partial charge in [0.25, 0.3) is 5.91 Å². The summed E-state index contributed by atoms with van der Waals surface area (Å²) in [5.41, 5.74) is 0.291. The van der Waals surface area contributed by atoms with E-state index >= 15 is 0 Å². The fourth-order valence-electron chi connectivity index (χ4n) is 1.42. The lowest BCUT2D eigenvalue weighted by molar-refractivity contribution is 0.0903. The molecule has 0 unspecified atom stereocenters. The van der Waals surface area contributed by atoms with Gasteiger partial charge in [-0.2, -0.15) is 0 Å². The Morgan fingerprint density at radius 3 is 2.72 bits per heavy atom. The third-order valence-electron chi connectivity index (χ3n) is 2.52. The Kier molecular flexibility index (Phi) is 6.22. The summed E-state index contributed by atoms with van der Waals surface area (Å²) >= 11 is 0. The molecule has 2 N–H and O–H groups in total. The van der Waals surface area contributed by atoms with Crippen LogP contribution in [-0.4, -0.2) is 30.8 Å². The Morgan fingerprint density at radius 1 is 1.33 bits per heavy atom. The molecule has 1 aromatic carbocycles. The Morgan fingerprint density at radius 2 is 2.06 bits per heavy atom. The Hall–Kier alpha value is -1.55. The molecule has 18 heavy (non-hydrogen) atoms. The van der Waals surface area contributed by atoms with Crippen molar-refractivity contribution in [2.75, 3.05) is 19.8 Å². The summed E-state index contributed by atoms with van der Waals surface area (Å²) in [6.45, 7) is 5.94. The lowest BCUT2D eigenvalue weighted by Crippen LogP contribution is -2.27. The summed E-state index contributed by atoms with van der Waals surface area (Å²) in [6.07, 6.45) is 1.02. The van der Waals surface area contributed by atoms with E-state index in [9.17, 15) is 9.90 Å². The fourth-order valence-corrected chi connectivity index (χ4v) is 1.42. The molecule has 0 saturated carbocycles. The Bertz CT molecular complexity index is 377. The van der Waals surface area contributed by atoms with Crippen molar-refractivity contribution in [3.05, 3.63) is 29.8 Å². The largest absolute Gasteiger partial charge is 0.507 e. The van der Waals surface area contributed by atoms with Crippen molar-refractivity contribution in [3.8, 4) is 5.75 Å². The first-order valence-electron chi connectivity index (χ1n) is 6.25. The van der Waals surface area contributed by atoms with Gasteiger partial charge in [0.2, 0.25) is 0 Å². The average Bonchev–Trinajstić information content (AvgIpc) is 2.33. The highest BCUT2D eigenvalue weighted by Gasteiger charge is 2.08. The highest BCUT2D eigenvalue weighted by atomic mass is 16.5. The van der Waals surface area contributed by atoms with Gasteiger partial charge in [0.1, 0.15) is 5.75 Å². The van der Waals surface area contributed by atoms with Crippen molar-refractivity contribution in [1.82, 2.24) is 5.32 Å². The predicted molar refractivity (Wildman–Crippen MR) is 70.7 cm³/mol. The van der Waals surface area contributed by atoms with Crippen LogP contribution in [-0.2, 0) is 4.74 Å². The van der Waals surface area contributed by atoms with E-state index in [1.165, 1.54) is 6.07 Å². The average molecular weight is 251 g/mol. The van der Waals surface area contributed by atoms with Gasteiger partial charge in [0.15, 0.2) is 0 Å². The molecule has 1 aromatic rings. The number of para-hydroxylation sites is 1. The molecular formula is C14H21NO3. The van der Waals surface area contributed by atoms with Gasteiger partial charge in [-0.1, -0.05) is 26.0 Å². The minimum Gasteiger partial charge on any atom is -0.507 e. The zero-order chi connectivity index (χ0) is 13.4.